The third-order valence-electron chi connectivity index (χ3n) is 2.13. The Labute approximate surface area is 104 Å². The van der Waals surface area contributed by atoms with Crippen LogP contribution in [0.25, 0.3) is 0 Å². The molecule has 0 aliphatic carbocycles. The van der Waals surface area contributed by atoms with Gasteiger partial charge in [-0.3, -0.25) is 0 Å². The summed E-state index contributed by atoms with van der Waals surface area (Å²) < 4.78 is 23.0. The Morgan fingerprint density at radius 1 is 1.00 bits per heavy atom. The second-order valence-corrected chi connectivity index (χ2v) is 3.53. The van der Waals surface area contributed by atoms with Crippen molar-refractivity contribution in [2.75, 3.05) is 6.61 Å². The van der Waals surface area contributed by atoms with E-state index in [2.05, 4.69) is 0 Å². The van der Waals surface area contributed by atoms with Crippen LogP contribution in [0, 0.1) is 5.82 Å². The minimum atomic E-state index is -0.537. The van der Waals surface area contributed by atoms with Crippen LogP contribution in [0.4, 0.5) is 4.39 Å². The highest BCUT2D eigenvalue weighted by Gasteiger charge is 2.06. The first-order chi connectivity index (χ1) is 8.74. The molecule has 0 spiro atoms. The molecule has 0 heterocycles. The Bertz CT molecular complexity index is 526. The van der Waals surface area contributed by atoms with Crippen molar-refractivity contribution in [3.8, 4) is 11.5 Å². The van der Waals surface area contributed by atoms with Gasteiger partial charge in [-0.05, 0) is 24.3 Å². The Morgan fingerprint density at radius 2 is 1.72 bits per heavy atom. The van der Waals surface area contributed by atoms with Crippen molar-refractivity contribution in [3.63, 3.8) is 0 Å². The molecule has 0 aromatic heterocycles. The maximum absolute atomic E-state index is 12.8. The van der Waals surface area contributed by atoms with Crippen LogP contribution in [0.5, 0.6) is 11.5 Å². The van der Waals surface area contributed by atoms with Crippen LogP contribution in [0.15, 0.2) is 54.6 Å². The zero-order chi connectivity index (χ0) is 12.8. The van der Waals surface area contributed by atoms with E-state index in [1.807, 2.05) is 6.07 Å². The summed E-state index contributed by atoms with van der Waals surface area (Å²) in [6.45, 7) is -0.266. The quantitative estimate of drug-likeness (QED) is 0.614. The first-order valence-corrected chi connectivity index (χ1v) is 5.38. The number of esters is 1. The lowest BCUT2D eigenvalue weighted by molar-refractivity contribution is -0.136. The molecule has 0 bridgehead atoms. The Kier molecular flexibility index (Phi) is 3.91. The molecular weight excluding hydrogens is 235 g/mol. The van der Waals surface area contributed by atoms with Crippen LogP contribution >= 0.6 is 0 Å². The number of ether oxygens (including phenoxy) is 2. The molecule has 0 unspecified atom stereocenters. The molecule has 2 rings (SSSR count). The largest absolute Gasteiger partial charge is 0.482 e. The summed E-state index contributed by atoms with van der Waals surface area (Å²) in [6, 6.07) is 14.3. The normalized spacial score (nSPS) is 9.83. The maximum Gasteiger partial charge on any atom is 0.349 e. The fourth-order valence-electron chi connectivity index (χ4n) is 1.35. The third kappa shape index (κ3) is 3.59. The average molecular weight is 246 g/mol. The molecule has 0 fully saturated rings. The lowest BCUT2D eigenvalue weighted by atomic mass is 10.3. The predicted octanol–water partition coefficient (Wildman–Crippen LogP) is 2.81. The highest BCUT2D eigenvalue weighted by Crippen LogP contribution is 2.12. The van der Waals surface area contributed by atoms with E-state index in [1.165, 1.54) is 18.2 Å². The Balaban J connectivity index is 1.85. The highest BCUT2D eigenvalue weighted by molar-refractivity contribution is 5.73. The average Bonchev–Trinajstić information content (AvgIpc) is 2.38. The van der Waals surface area contributed by atoms with Crippen LogP contribution in [0.3, 0.4) is 0 Å². The van der Waals surface area contributed by atoms with Crippen molar-refractivity contribution >= 4 is 5.97 Å². The van der Waals surface area contributed by atoms with E-state index in [1.54, 1.807) is 30.3 Å². The third-order valence-corrected chi connectivity index (χ3v) is 2.13. The zero-order valence-corrected chi connectivity index (χ0v) is 9.51. The summed E-state index contributed by atoms with van der Waals surface area (Å²) in [5.74, 6) is -0.209. The minimum Gasteiger partial charge on any atom is -0.482 e. The number of benzene rings is 2. The van der Waals surface area contributed by atoms with E-state index in [0.717, 1.165) is 0 Å². The Morgan fingerprint density at radius 3 is 2.44 bits per heavy atom. The number of para-hydroxylation sites is 1. The molecule has 2 aromatic rings. The maximum atomic E-state index is 12.8. The first kappa shape index (κ1) is 12.1. The van der Waals surface area contributed by atoms with Crippen LogP contribution < -0.4 is 9.47 Å². The molecule has 0 radical (unpaired) electrons. The minimum absolute atomic E-state index is 0.266. The SMILES string of the molecule is O=C(COc1cccc(F)c1)Oc1ccccc1. The Hall–Kier alpha value is -2.36. The van der Waals surface area contributed by atoms with Gasteiger partial charge in [0.05, 0.1) is 0 Å². The van der Waals surface area contributed by atoms with Crippen molar-refractivity contribution in [1.82, 2.24) is 0 Å². The molecule has 18 heavy (non-hydrogen) atoms. The number of hydrogen-bond donors (Lipinski definition) is 0. The standard InChI is InChI=1S/C14H11FO3/c15-11-5-4-8-13(9-11)17-10-14(16)18-12-6-2-1-3-7-12/h1-9H,10H2. The van der Waals surface area contributed by atoms with Gasteiger partial charge in [-0.2, -0.15) is 0 Å². The number of halogens is 1. The molecule has 0 saturated heterocycles. The molecule has 0 aliphatic heterocycles. The fourth-order valence-corrected chi connectivity index (χ4v) is 1.35. The molecule has 2 aromatic carbocycles. The summed E-state index contributed by atoms with van der Waals surface area (Å²) in [4.78, 5) is 11.4. The van der Waals surface area contributed by atoms with Crippen LogP contribution in [-0.2, 0) is 4.79 Å². The van der Waals surface area contributed by atoms with E-state index in [9.17, 15) is 9.18 Å². The molecular formula is C14H11FO3. The van der Waals surface area contributed by atoms with Crippen molar-refractivity contribution in [1.29, 1.82) is 0 Å². The second kappa shape index (κ2) is 5.82. The summed E-state index contributed by atoms with van der Waals surface area (Å²) in [6.07, 6.45) is 0. The lowest BCUT2D eigenvalue weighted by Crippen LogP contribution is -2.17. The summed E-state index contributed by atoms with van der Waals surface area (Å²) >= 11 is 0. The van der Waals surface area contributed by atoms with Gasteiger partial charge in [0, 0.05) is 6.07 Å². The number of hydrogen-bond acceptors (Lipinski definition) is 3. The van der Waals surface area contributed by atoms with Crippen LogP contribution in [-0.4, -0.2) is 12.6 Å². The predicted molar refractivity (Wildman–Crippen MR) is 64.0 cm³/mol. The summed E-state index contributed by atoms with van der Waals surface area (Å²) in [5.41, 5.74) is 0. The molecule has 3 nitrogen and oxygen atoms in total. The molecule has 0 atom stereocenters. The van der Waals surface area contributed by atoms with E-state index in [-0.39, 0.29) is 6.61 Å². The molecule has 92 valence electrons. The van der Waals surface area contributed by atoms with E-state index in [4.69, 9.17) is 9.47 Å². The monoisotopic (exact) mass is 246 g/mol. The van der Waals surface area contributed by atoms with Crippen molar-refractivity contribution in [2.45, 2.75) is 0 Å². The van der Waals surface area contributed by atoms with Crippen molar-refractivity contribution < 1.29 is 18.7 Å². The number of carbonyl (C=O) groups is 1. The van der Waals surface area contributed by atoms with Crippen LogP contribution in [0.1, 0.15) is 0 Å². The van der Waals surface area contributed by atoms with Gasteiger partial charge in [0.1, 0.15) is 17.3 Å². The van der Waals surface area contributed by atoms with E-state index >= 15 is 0 Å². The van der Waals surface area contributed by atoms with Gasteiger partial charge in [-0.1, -0.05) is 24.3 Å². The molecule has 4 heteroatoms. The van der Waals surface area contributed by atoms with Gasteiger partial charge in [0.2, 0.25) is 0 Å². The molecule has 0 amide bonds. The fraction of sp³-hybridized carbons (Fsp3) is 0.0714. The smallest absolute Gasteiger partial charge is 0.349 e. The first-order valence-electron chi connectivity index (χ1n) is 5.38. The van der Waals surface area contributed by atoms with Gasteiger partial charge in [-0.25, -0.2) is 9.18 Å². The van der Waals surface area contributed by atoms with Crippen molar-refractivity contribution in [2.24, 2.45) is 0 Å². The summed E-state index contributed by atoms with van der Waals surface area (Å²) in [7, 11) is 0. The van der Waals surface area contributed by atoms with Gasteiger partial charge in [0.15, 0.2) is 6.61 Å². The topological polar surface area (TPSA) is 35.5 Å². The second-order valence-electron chi connectivity index (χ2n) is 3.53. The number of carbonyl (C=O) groups excluding carboxylic acids is 1. The molecule has 0 N–H and O–H groups in total. The zero-order valence-electron chi connectivity index (χ0n) is 9.51. The molecule has 0 saturated carbocycles. The molecule has 0 aliphatic rings. The van der Waals surface area contributed by atoms with Gasteiger partial charge < -0.3 is 9.47 Å². The van der Waals surface area contributed by atoms with Gasteiger partial charge in [-0.15, -0.1) is 0 Å². The van der Waals surface area contributed by atoms with Crippen molar-refractivity contribution in [3.05, 3.63) is 60.4 Å². The van der Waals surface area contributed by atoms with E-state index < -0.39 is 11.8 Å². The van der Waals surface area contributed by atoms with Crippen LogP contribution in [0.2, 0.25) is 0 Å². The van der Waals surface area contributed by atoms with Gasteiger partial charge >= 0.3 is 5.97 Å². The number of rotatable bonds is 4. The van der Waals surface area contributed by atoms with Gasteiger partial charge in [0.25, 0.3) is 0 Å². The van der Waals surface area contributed by atoms with E-state index in [0.29, 0.717) is 11.5 Å². The lowest BCUT2D eigenvalue weighted by Gasteiger charge is -2.06. The highest BCUT2D eigenvalue weighted by atomic mass is 19.1. The summed E-state index contributed by atoms with van der Waals surface area (Å²) in [5, 5.41) is 0.